The van der Waals surface area contributed by atoms with Crippen molar-refractivity contribution < 1.29 is 4.79 Å². The van der Waals surface area contributed by atoms with E-state index < -0.39 is 0 Å². The molecule has 0 radical (unpaired) electrons. The number of para-hydroxylation sites is 1. The molecule has 3 rings (SSSR count). The van der Waals surface area contributed by atoms with Gasteiger partial charge >= 0.3 is 0 Å². The van der Waals surface area contributed by atoms with Crippen molar-refractivity contribution in [2.24, 2.45) is 11.7 Å². The van der Waals surface area contributed by atoms with Crippen molar-refractivity contribution >= 4 is 11.6 Å². The summed E-state index contributed by atoms with van der Waals surface area (Å²) in [5.41, 5.74) is 8.51. The second-order valence-electron chi connectivity index (χ2n) is 5.83. The van der Waals surface area contributed by atoms with Gasteiger partial charge in [-0.2, -0.15) is 0 Å². The third-order valence-electron chi connectivity index (χ3n) is 4.77. The first-order chi connectivity index (χ1) is 8.62. The van der Waals surface area contributed by atoms with Crippen molar-refractivity contribution in [2.45, 2.75) is 31.1 Å². The average molecular weight is 244 g/mol. The molecule has 0 unspecified atom stereocenters. The van der Waals surface area contributed by atoms with Crippen molar-refractivity contribution in [1.29, 1.82) is 0 Å². The summed E-state index contributed by atoms with van der Waals surface area (Å²) < 4.78 is 0. The van der Waals surface area contributed by atoms with Crippen molar-refractivity contribution in [1.82, 2.24) is 0 Å². The first-order valence-electron chi connectivity index (χ1n) is 6.72. The second kappa shape index (κ2) is 4.01. The number of nitrogens with zero attached hydrogens (tertiary/aromatic N) is 1. The highest BCUT2D eigenvalue weighted by Gasteiger charge is 2.44. The van der Waals surface area contributed by atoms with Crippen LogP contribution in [0.5, 0.6) is 0 Å². The highest BCUT2D eigenvalue weighted by Crippen LogP contribution is 2.49. The lowest BCUT2D eigenvalue weighted by atomic mass is 9.67. The van der Waals surface area contributed by atoms with E-state index >= 15 is 0 Å². The lowest BCUT2D eigenvalue weighted by Crippen LogP contribution is -2.38. The molecule has 96 valence electrons. The van der Waals surface area contributed by atoms with Gasteiger partial charge in [0.05, 0.1) is 0 Å². The minimum atomic E-state index is -0.121. The number of benzene rings is 1. The maximum absolute atomic E-state index is 11.3. The molecule has 0 atom stereocenters. The van der Waals surface area contributed by atoms with E-state index in [1.165, 1.54) is 11.3 Å². The first-order valence-corrected chi connectivity index (χ1v) is 6.72. The smallest absolute Gasteiger partial charge is 0.220 e. The van der Waals surface area contributed by atoms with E-state index in [-0.39, 0.29) is 17.2 Å². The van der Waals surface area contributed by atoms with E-state index in [0.29, 0.717) is 0 Å². The summed E-state index contributed by atoms with van der Waals surface area (Å²) in [5.74, 6) is -0.0295. The van der Waals surface area contributed by atoms with Crippen molar-refractivity contribution in [2.75, 3.05) is 18.5 Å². The van der Waals surface area contributed by atoms with E-state index in [1.807, 2.05) is 0 Å². The van der Waals surface area contributed by atoms with E-state index in [2.05, 4.69) is 36.2 Å². The number of fused-ring (bicyclic) bond motifs is 2. The zero-order chi connectivity index (χ0) is 12.8. The fourth-order valence-electron chi connectivity index (χ4n) is 3.76. The third-order valence-corrected chi connectivity index (χ3v) is 4.77. The molecule has 1 saturated carbocycles. The molecule has 1 aliphatic heterocycles. The van der Waals surface area contributed by atoms with Crippen LogP contribution in [0.4, 0.5) is 5.69 Å². The zero-order valence-electron chi connectivity index (χ0n) is 10.9. The molecule has 1 heterocycles. The van der Waals surface area contributed by atoms with Crippen molar-refractivity contribution in [3.8, 4) is 0 Å². The topological polar surface area (TPSA) is 46.3 Å². The first kappa shape index (κ1) is 11.6. The van der Waals surface area contributed by atoms with Crippen LogP contribution >= 0.6 is 0 Å². The normalized spacial score (nSPS) is 30.5. The highest BCUT2D eigenvalue weighted by molar-refractivity contribution is 5.77. The summed E-state index contributed by atoms with van der Waals surface area (Å²) in [6, 6.07) is 8.68. The number of amides is 1. The van der Waals surface area contributed by atoms with Gasteiger partial charge in [-0.1, -0.05) is 18.2 Å². The monoisotopic (exact) mass is 244 g/mol. The molecule has 1 aliphatic carbocycles. The molecule has 0 bridgehead atoms. The number of primary amides is 1. The summed E-state index contributed by atoms with van der Waals surface area (Å²) in [6.07, 6.45) is 4.05. The number of anilines is 1. The lowest BCUT2D eigenvalue weighted by Gasteiger charge is -2.36. The standard InChI is InChI=1S/C15H20N2O/c1-17-10-15(12-4-2-3-5-13(12)17)8-6-11(7-9-15)14(16)18/h2-5,11H,6-10H2,1H3,(H2,16,18). The minimum Gasteiger partial charge on any atom is -0.373 e. The van der Waals surface area contributed by atoms with Crippen LogP contribution in [-0.4, -0.2) is 19.5 Å². The number of nitrogens with two attached hydrogens (primary N) is 1. The Hall–Kier alpha value is -1.51. The largest absolute Gasteiger partial charge is 0.373 e. The van der Waals surface area contributed by atoms with Crippen LogP contribution in [0.15, 0.2) is 24.3 Å². The Bertz CT molecular complexity index is 475. The summed E-state index contributed by atoms with van der Waals surface area (Å²) in [6.45, 7) is 1.08. The van der Waals surface area contributed by atoms with Gasteiger partial charge in [0.1, 0.15) is 0 Å². The van der Waals surface area contributed by atoms with Crippen LogP contribution in [0.25, 0.3) is 0 Å². The fourth-order valence-corrected chi connectivity index (χ4v) is 3.76. The Morgan fingerprint density at radius 2 is 2.00 bits per heavy atom. The van der Waals surface area contributed by atoms with E-state index in [4.69, 9.17) is 5.73 Å². The highest BCUT2D eigenvalue weighted by atomic mass is 16.1. The van der Waals surface area contributed by atoms with Crippen LogP contribution in [0, 0.1) is 5.92 Å². The number of hydrogen-bond acceptors (Lipinski definition) is 2. The van der Waals surface area contributed by atoms with Gasteiger partial charge in [0, 0.05) is 30.6 Å². The number of likely N-dealkylation sites (N-methyl/N-ethyl adjacent to an activating group) is 1. The van der Waals surface area contributed by atoms with Gasteiger partial charge < -0.3 is 10.6 Å². The van der Waals surface area contributed by atoms with Crippen LogP contribution in [0.1, 0.15) is 31.2 Å². The zero-order valence-corrected chi connectivity index (χ0v) is 10.9. The van der Waals surface area contributed by atoms with Gasteiger partial charge in [-0.3, -0.25) is 4.79 Å². The Balaban J connectivity index is 1.89. The molecule has 2 N–H and O–H groups in total. The van der Waals surface area contributed by atoms with Crippen LogP contribution in [-0.2, 0) is 10.2 Å². The number of hydrogen-bond donors (Lipinski definition) is 1. The van der Waals surface area contributed by atoms with Gasteiger partial charge in [-0.05, 0) is 37.3 Å². The SMILES string of the molecule is CN1CC2(CCC(C(N)=O)CC2)c2ccccc21. The van der Waals surface area contributed by atoms with Crippen LogP contribution in [0.3, 0.4) is 0 Å². The molecule has 1 spiro atoms. The van der Waals surface area contributed by atoms with Gasteiger partial charge in [0.2, 0.25) is 5.91 Å². The minimum absolute atomic E-state index is 0.0914. The Labute approximate surface area is 108 Å². The molecular weight excluding hydrogens is 224 g/mol. The van der Waals surface area contributed by atoms with Gasteiger partial charge in [-0.15, -0.1) is 0 Å². The lowest BCUT2D eigenvalue weighted by molar-refractivity contribution is -0.123. The molecule has 1 fully saturated rings. The molecule has 1 aromatic carbocycles. The molecule has 2 aliphatic rings. The quantitative estimate of drug-likeness (QED) is 0.822. The molecule has 3 nitrogen and oxygen atoms in total. The molecule has 1 aromatic rings. The predicted octanol–water partition coefficient (Wildman–Crippen LogP) is 2.05. The van der Waals surface area contributed by atoms with Gasteiger partial charge in [0.25, 0.3) is 0 Å². The van der Waals surface area contributed by atoms with Crippen LogP contribution < -0.4 is 10.6 Å². The van der Waals surface area contributed by atoms with E-state index in [1.54, 1.807) is 0 Å². The predicted molar refractivity (Wildman–Crippen MR) is 72.5 cm³/mol. The third kappa shape index (κ3) is 1.61. The summed E-state index contributed by atoms with van der Waals surface area (Å²) in [7, 11) is 2.16. The molecule has 0 aromatic heterocycles. The Kier molecular flexibility index (Phi) is 2.58. The molecule has 18 heavy (non-hydrogen) atoms. The van der Waals surface area contributed by atoms with Crippen LogP contribution in [0.2, 0.25) is 0 Å². The second-order valence-corrected chi connectivity index (χ2v) is 5.83. The van der Waals surface area contributed by atoms with Crippen molar-refractivity contribution in [3.05, 3.63) is 29.8 Å². The summed E-state index contributed by atoms with van der Waals surface area (Å²) in [4.78, 5) is 13.6. The maximum Gasteiger partial charge on any atom is 0.220 e. The Morgan fingerprint density at radius 1 is 1.33 bits per heavy atom. The molecule has 1 amide bonds. The maximum atomic E-state index is 11.3. The van der Waals surface area contributed by atoms with Crippen molar-refractivity contribution in [3.63, 3.8) is 0 Å². The number of carbonyl (C=O) groups excluding carboxylic acids is 1. The van der Waals surface area contributed by atoms with E-state index in [9.17, 15) is 4.79 Å². The number of carbonyl (C=O) groups is 1. The summed E-state index contributed by atoms with van der Waals surface area (Å²) in [5, 5.41) is 0. The van der Waals surface area contributed by atoms with Gasteiger partial charge in [-0.25, -0.2) is 0 Å². The molecule has 0 saturated heterocycles. The Morgan fingerprint density at radius 3 is 2.67 bits per heavy atom. The van der Waals surface area contributed by atoms with Gasteiger partial charge in [0.15, 0.2) is 0 Å². The molecule has 3 heteroatoms. The number of rotatable bonds is 1. The fraction of sp³-hybridized carbons (Fsp3) is 0.533. The summed E-state index contributed by atoms with van der Waals surface area (Å²) >= 11 is 0. The molecular formula is C15H20N2O. The van der Waals surface area contributed by atoms with E-state index in [0.717, 1.165) is 32.2 Å². The average Bonchev–Trinajstić information content (AvgIpc) is 2.64.